The Kier molecular flexibility index (Phi) is 5.76. The lowest BCUT2D eigenvalue weighted by Gasteiger charge is -2.35. The smallest absolute Gasteiger partial charge is 0.254 e. The van der Waals surface area contributed by atoms with Gasteiger partial charge in [0, 0.05) is 44.9 Å². The summed E-state index contributed by atoms with van der Waals surface area (Å²) in [6.45, 7) is 0.837. The average molecular weight is 389 g/mol. The predicted octanol–water partition coefficient (Wildman–Crippen LogP) is 0.855. The number of fused-ring (bicyclic) bond motifs is 4. The minimum absolute atomic E-state index is 0.0371. The maximum absolute atomic E-state index is 13.2. The molecule has 152 valence electrons. The predicted molar refractivity (Wildman–Crippen MR) is 102 cm³/mol. The molecule has 3 heterocycles. The highest BCUT2D eigenvalue weighted by molar-refractivity contribution is 5.96. The van der Waals surface area contributed by atoms with E-state index in [2.05, 4.69) is 0 Å². The van der Waals surface area contributed by atoms with E-state index in [0.717, 1.165) is 12.8 Å². The summed E-state index contributed by atoms with van der Waals surface area (Å²) in [6, 6.07) is 4.91. The summed E-state index contributed by atoms with van der Waals surface area (Å²) in [4.78, 5) is 43.0. The van der Waals surface area contributed by atoms with Gasteiger partial charge < -0.3 is 24.2 Å². The highest BCUT2D eigenvalue weighted by Gasteiger charge is 2.42. The molecule has 0 N–H and O–H groups in total. The van der Waals surface area contributed by atoms with Gasteiger partial charge in [-0.1, -0.05) is 0 Å². The molecule has 4 rings (SSSR count). The highest BCUT2D eigenvalue weighted by atomic mass is 16.5. The summed E-state index contributed by atoms with van der Waals surface area (Å²) >= 11 is 0. The first kappa shape index (κ1) is 20.0. The molecule has 3 aliphatic heterocycles. The van der Waals surface area contributed by atoms with Crippen molar-refractivity contribution in [3.63, 3.8) is 0 Å². The van der Waals surface area contributed by atoms with Gasteiger partial charge in [-0.2, -0.15) is 0 Å². The fourth-order valence-corrected chi connectivity index (χ4v) is 3.81. The Morgan fingerprint density at radius 2 is 1.71 bits per heavy atom. The summed E-state index contributed by atoms with van der Waals surface area (Å²) in [5, 5.41) is 0. The van der Waals surface area contributed by atoms with Crippen molar-refractivity contribution in [2.75, 3.05) is 47.9 Å². The van der Waals surface area contributed by atoms with E-state index >= 15 is 0 Å². The highest BCUT2D eigenvalue weighted by Crippen LogP contribution is 2.31. The van der Waals surface area contributed by atoms with Crippen molar-refractivity contribution in [1.29, 1.82) is 0 Å². The molecule has 3 aliphatic rings. The van der Waals surface area contributed by atoms with Crippen LogP contribution in [0.5, 0.6) is 11.5 Å². The summed E-state index contributed by atoms with van der Waals surface area (Å²) in [7, 11) is 6.42. The molecule has 8 nitrogen and oxygen atoms in total. The normalized spacial score (nSPS) is 21.4. The van der Waals surface area contributed by atoms with Crippen molar-refractivity contribution in [1.82, 2.24) is 14.7 Å². The minimum atomic E-state index is -0.273. The molecule has 0 radical (unpaired) electrons. The van der Waals surface area contributed by atoms with Crippen LogP contribution >= 0.6 is 0 Å². The molecular weight excluding hydrogens is 362 g/mol. The lowest BCUT2D eigenvalue weighted by Crippen LogP contribution is -2.51. The summed E-state index contributed by atoms with van der Waals surface area (Å²) in [6.07, 6.45) is 1.53. The molecule has 28 heavy (non-hydrogen) atoms. The van der Waals surface area contributed by atoms with Crippen LogP contribution in [-0.4, -0.2) is 86.4 Å². The Hall–Kier alpha value is -2.77. The van der Waals surface area contributed by atoms with Crippen molar-refractivity contribution in [2.45, 2.75) is 18.9 Å². The van der Waals surface area contributed by atoms with Crippen LogP contribution in [0.1, 0.15) is 23.2 Å². The molecule has 2 bridgehead atoms. The second-order valence-corrected chi connectivity index (χ2v) is 7.49. The van der Waals surface area contributed by atoms with Crippen molar-refractivity contribution in [3.05, 3.63) is 23.8 Å². The van der Waals surface area contributed by atoms with E-state index < -0.39 is 0 Å². The Morgan fingerprint density at radius 1 is 1.07 bits per heavy atom. The van der Waals surface area contributed by atoms with Crippen molar-refractivity contribution < 1.29 is 23.9 Å². The van der Waals surface area contributed by atoms with Gasteiger partial charge in [0.25, 0.3) is 5.91 Å². The topological polar surface area (TPSA) is 79.4 Å². The lowest BCUT2D eigenvalue weighted by atomic mass is 9.94. The Morgan fingerprint density at radius 3 is 2.29 bits per heavy atom. The first-order chi connectivity index (χ1) is 13.3. The zero-order chi connectivity index (χ0) is 20.4. The molecule has 1 aromatic rings. The fraction of sp³-hybridized carbons (Fsp3) is 0.550. The number of piperidine rings is 1. The van der Waals surface area contributed by atoms with Crippen LogP contribution in [-0.2, 0) is 9.59 Å². The average Bonchev–Trinajstić information content (AvgIpc) is 2.99. The quantitative estimate of drug-likeness (QED) is 0.746. The van der Waals surface area contributed by atoms with Gasteiger partial charge in [0.15, 0.2) is 0 Å². The molecule has 0 aliphatic carbocycles. The second-order valence-electron chi connectivity index (χ2n) is 7.49. The van der Waals surface area contributed by atoms with Crippen LogP contribution in [0.3, 0.4) is 0 Å². The molecule has 0 spiro atoms. The molecular formula is C20H27N3O5. The van der Waals surface area contributed by atoms with E-state index in [1.807, 2.05) is 0 Å². The van der Waals surface area contributed by atoms with Crippen molar-refractivity contribution in [3.8, 4) is 11.5 Å². The maximum atomic E-state index is 13.2. The van der Waals surface area contributed by atoms with E-state index in [1.54, 1.807) is 42.1 Å². The number of methoxy groups -OCH3 is 2. The van der Waals surface area contributed by atoms with Gasteiger partial charge >= 0.3 is 0 Å². The number of carbonyl (C=O) groups is 3. The first-order valence-electron chi connectivity index (χ1n) is 9.37. The molecule has 3 amide bonds. The van der Waals surface area contributed by atoms with Crippen LogP contribution in [0.15, 0.2) is 18.2 Å². The maximum Gasteiger partial charge on any atom is 0.254 e. The van der Waals surface area contributed by atoms with Crippen LogP contribution < -0.4 is 9.47 Å². The van der Waals surface area contributed by atoms with Gasteiger partial charge in [0.05, 0.1) is 20.1 Å². The van der Waals surface area contributed by atoms with Gasteiger partial charge in [-0.25, -0.2) is 0 Å². The van der Waals surface area contributed by atoms with Crippen LogP contribution in [0.2, 0.25) is 0 Å². The zero-order valence-electron chi connectivity index (χ0n) is 16.8. The van der Waals surface area contributed by atoms with Gasteiger partial charge in [0.2, 0.25) is 11.8 Å². The van der Waals surface area contributed by atoms with Gasteiger partial charge in [-0.15, -0.1) is 0 Å². The van der Waals surface area contributed by atoms with E-state index in [0.29, 0.717) is 30.2 Å². The largest absolute Gasteiger partial charge is 0.497 e. The van der Waals surface area contributed by atoms with E-state index in [-0.39, 0.29) is 36.2 Å². The van der Waals surface area contributed by atoms with Crippen molar-refractivity contribution in [2.24, 2.45) is 5.92 Å². The number of hydrogen-bond donors (Lipinski definition) is 0. The number of benzene rings is 1. The standard InChI is InChI=1S/C20H27N3O5/c1-21(2)18(24)12-23-15-6-5-13(20(23)26)10-22(11-15)19(25)14-7-16(27-3)9-17(8-14)28-4/h7-9,13,15H,5-6,10-12H2,1-4H3/t13-,15+/m1/s1. The molecule has 0 unspecified atom stereocenters. The van der Waals surface area contributed by atoms with Gasteiger partial charge in [0.1, 0.15) is 18.0 Å². The molecule has 0 aromatic heterocycles. The fourth-order valence-electron chi connectivity index (χ4n) is 3.81. The molecule has 8 heteroatoms. The zero-order valence-corrected chi connectivity index (χ0v) is 16.8. The summed E-state index contributed by atoms with van der Waals surface area (Å²) < 4.78 is 10.5. The summed E-state index contributed by atoms with van der Waals surface area (Å²) in [5.41, 5.74) is 0.459. The Labute approximate surface area is 165 Å². The third kappa shape index (κ3) is 3.90. The number of ether oxygens (including phenoxy) is 2. The minimum Gasteiger partial charge on any atom is -0.497 e. The number of nitrogens with zero attached hydrogens (tertiary/aromatic N) is 3. The Bertz CT molecular complexity index is 757. The second kappa shape index (κ2) is 8.08. The number of amides is 3. The molecule has 2 atom stereocenters. The van der Waals surface area contributed by atoms with Gasteiger partial charge in [-0.3, -0.25) is 14.4 Å². The number of hydrogen-bond acceptors (Lipinski definition) is 5. The number of likely N-dealkylation sites (N-methyl/N-ethyl adjacent to an activating group) is 1. The van der Waals surface area contributed by atoms with Crippen LogP contribution in [0.4, 0.5) is 0 Å². The monoisotopic (exact) mass is 389 g/mol. The Balaban J connectivity index is 1.83. The summed E-state index contributed by atoms with van der Waals surface area (Å²) in [5.74, 6) is 0.485. The van der Waals surface area contributed by atoms with Crippen LogP contribution in [0.25, 0.3) is 0 Å². The SMILES string of the molecule is COc1cc(OC)cc(C(=O)N2C[C@H]3CC[C@@H](C2)N(CC(=O)N(C)C)C3=O)c1. The molecule has 1 aromatic carbocycles. The molecule has 0 saturated carbocycles. The molecule has 3 saturated heterocycles. The number of rotatable bonds is 5. The third-order valence-electron chi connectivity index (χ3n) is 5.48. The third-order valence-corrected chi connectivity index (χ3v) is 5.48. The van der Waals surface area contributed by atoms with Gasteiger partial charge in [-0.05, 0) is 25.0 Å². The lowest BCUT2D eigenvalue weighted by molar-refractivity contribution is -0.145. The van der Waals surface area contributed by atoms with E-state index in [4.69, 9.17) is 9.47 Å². The van der Waals surface area contributed by atoms with Crippen LogP contribution in [0, 0.1) is 5.92 Å². The number of carbonyl (C=O) groups excluding carboxylic acids is 3. The van der Waals surface area contributed by atoms with Crippen molar-refractivity contribution >= 4 is 17.7 Å². The first-order valence-corrected chi connectivity index (χ1v) is 9.37. The molecule has 3 fully saturated rings. The van der Waals surface area contributed by atoms with E-state index in [9.17, 15) is 14.4 Å². The van der Waals surface area contributed by atoms with E-state index in [1.165, 1.54) is 19.1 Å².